The lowest BCUT2D eigenvalue weighted by Gasteiger charge is -2.16. The molecule has 0 aliphatic rings. The third-order valence-corrected chi connectivity index (χ3v) is 4.65. The summed E-state index contributed by atoms with van der Waals surface area (Å²) < 4.78 is 20.1. The molecular weight excluding hydrogens is 375 g/mol. The third kappa shape index (κ3) is 3.60. The van der Waals surface area contributed by atoms with Gasteiger partial charge in [0.05, 0.1) is 24.8 Å². The zero-order chi connectivity index (χ0) is 21.1. The number of carbonyl (C=O) groups excluding carboxylic acids is 1. The molecule has 6 nitrogen and oxygen atoms in total. The van der Waals surface area contributed by atoms with Gasteiger partial charge in [-0.1, -0.05) is 24.3 Å². The highest BCUT2D eigenvalue weighted by Crippen LogP contribution is 2.26. The largest absolute Gasteiger partial charge is 0.497 e. The van der Waals surface area contributed by atoms with E-state index in [1.807, 2.05) is 0 Å². The fraction of sp³-hybridized carbons (Fsp3) is 0.136. The van der Waals surface area contributed by atoms with E-state index in [2.05, 4.69) is 0 Å². The first-order valence-corrected chi connectivity index (χ1v) is 8.67. The van der Waals surface area contributed by atoms with E-state index >= 15 is 0 Å². The SMILES string of the molecule is COc1ccc(Cn2c(O)c(C(=O)c3ccccc3F)c(C)c(C#N)c2=O)cc1. The molecule has 0 radical (unpaired) electrons. The van der Waals surface area contributed by atoms with Crippen molar-refractivity contribution in [1.82, 2.24) is 4.57 Å². The molecule has 0 amide bonds. The molecule has 0 bridgehead atoms. The summed E-state index contributed by atoms with van der Waals surface area (Å²) in [6.45, 7) is 1.30. The summed E-state index contributed by atoms with van der Waals surface area (Å²) in [4.78, 5) is 25.7. The Hall–Kier alpha value is -3.92. The second kappa shape index (κ2) is 7.98. The lowest BCUT2D eigenvalue weighted by atomic mass is 9.97. The number of methoxy groups -OCH3 is 1. The van der Waals surface area contributed by atoms with Crippen LogP contribution in [-0.2, 0) is 6.54 Å². The highest BCUT2D eigenvalue weighted by Gasteiger charge is 2.26. The maximum absolute atomic E-state index is 14.1. The molecule has 146 valence electrons. The van der Waals surface area contributed by atoms with Crippen molar-refractivity contribution < 1.29 is 19.0 Å². The van der Waals surface area contributed by atoms with Crippen LogP contribution in [0.5, 0.6) is 11.6 Å². The number of nitriles is 1. The Bertz CT molecular complexity index is 1190. The quantitative estimate of drug-likeness (QED) is 0.674. The molecule has 29 heavy (non-hydrogen) atoms. The highest BCUT2D eigenvalue weighted by molar-refractivity contribution is 6.11. The Morgan fingerprint density at radius 1 is 1.21 bits per heavy atom. The second-order valence-electron chi connectivity index (χ2n) is 6.36. The van der Waals surface area contributed by atoms with Crippen molar-refractivity contribution in [2.75, 3.05) is 7.11 Å². The van der Waals surface area contributed by atoms with Gasteiger partial charge in [-0.15, -0.1) is 0 Å². The number of hydrogen-bond acceptors (Lipinski definition) is 5. The van der Waals surface area contributed by atoms with Crippen molar-refractivity contribution in [1.29, 1.82) is 5.26 Å². The van der Waals surface area contributed by atoms with E-state index in [1.165, 1.54) is 32.2 Å². The average molecular weight is 392 g/mol. The van der Waals surface area contributed by atoms with Gasteiger partial charge >= 0.3 is 0 Å². The number of rotatable bonds is 5. The number of halogens is 1. The van der Waals surface area contributed by atoms with Crippen molar-refractivity contribution in [3.05, 3.63) is 92.5 Å². The summed E-state index contributed by atoms with van der Waals surface area (Å²) in [5.74, 6) is -1.57. The van der Waals surface area contributed by atoms with Crippen LogP contribution in [0.1, 0.15) is 32.6 Å². The molecule has 1 N–H and O–H groups in total. The van der Waals surface area contributed by atoms with Crippen molar-refractivity contribution >= 4 is 5.78 Å². The first-order valence-electron chi connectivity index (χ1n) is 8.67. The van der Waals surface area contributed by atoms with Gasteiger partial charge in [0.1, 0.15) is 23.2 Å². The van der Waals surface area contributed by atoms with Gasteiger partial charge in [0.25, 0.3) is 5.56 Å². The molecule has 1 aromatic heterocycles. The maximum atomic E-state index is 14.1. The van der Waals surface area contributed by atoms with Gasteiger partial charge in [-0.3, -0.25) is 14.2 Å². The molecule has 3 rings (SSSR count). The summed E-state index contributed by atoms with van der Waals surface area (Å²) >= 11 is 0. The standard InChI is InChI=1S/C22H17FN2O4/c1-13-17(11-24)21(27)25(12-14-7-9-15(29-2)10-8-14)22(28)19(13)20(26)16-5-3-4-6-18(16)23/h3-10,28H,12H2,1-2H3. The number of pyridine rings is 1. The summed E-state index contributed by atoms with van der Waals surface area (Å²) in [6, 6.07) is 13.9. The number of hydrogen-bond donors (Lipinski definition) is 1. The second-order valence-corrected chi connectivity index (χ2v) is 6.36. The Morgan fingerprint density at radius 2 is 1.86 bits per heavy atom. The molecule has 0 saturated carbocycles. The van der Waals surface area contributed by atoms with Gasteiger partial charge in [0.2, 0.25) is 11.7 Å². The molecule has 1 heterocycles. The topological polar surface area (TPSA) is 92.3 Å². The van der Waals surface area contributed by atoms with Crippen LogP contribution < -0.4 is 10.3 Å². The van der Waals surface area contributed by atoms with Crippen LogP contribution in [0.4, 0.5) is 4.39 Å². The molecule has 3 aromatic rings. The molecule has 0 aliphatic carbocycles. The molecule has 0 atom stereocenters. The average Bonchev–Trinajstić information content (AvgIpc) is 2.72. The van der Waals surface area contributed by atoms with Crippen molar-refractivity contribution in [2.45, 2.75) is 13.5 Å². The first-order chi connectivity index (χ1) is 13.9. The molecule has 2 aromatic carbocycles. The Kier molecular flexibility index (Phi) is 5.46. The van der Waals surface area contributed by atoms with Crippen molar-refractivity contribution in [2.24, 2.45) is 0 Å². The predicted molar refractivity (Wildman–Crippen MR) is 104 cm³/mol. The van der Waals surface area contributed by atoms with Crippen LogP contribution in [0.3, 0.4) is 0 Å². The first kappa shape index (κ1) is 19.8. The van der Waals surface area contributed by atoms with E-state index in [1.54, 1.807) is 30.3 Å². The van der Waals surface area contributed by atoms with E-state index < -0.39 is 23.0 Å². The van der Waals surface area contributed by atoms with Crippen LogP contribution in [0.15, 0.2) is 53.3 Å². The van der Waals surface area contributed by atoms with Crippen LogP contribution in [0.25, 0.3) is 0 Å². The number of nitrogens with zero attached hydrogens (tertiary/aromatic N) is 2. The molecule has 0 unspecified atom stereocenters. The fourth-order valence-electron chi connectivity index (χ4n) is 3.06. The Balaban J connectivity index is 2.18. The van der Waals surface area contributed by atoms with Gasteiger partial charge in [-0.25, -0.2) is 4.39 Å². The van der Waals surface area contributed by atoms with Gasteiger partial charge in [0.15, 0.2) is 0 Å². The number of ether oxygens (including phenoxy) is 1. The van der Waals surface area contributed by atoms with Gasteiger partial charge < -0.3 is 9.84 Å². The third-order valence-electron chi connectivity index (χ3n) is 4.65. The van der Waals surface area contributed by atoms with Crippen LogP contribution in [0.2, 0.25) is 0 Å². The van der Waals surface area contributed by atoms with Gasteiger partial charge in [-0.05, 0) is 42.3 Å². The van der Waals surface area contributed by atoms with E-state index in [4.69, 9.17) is 4.74 Å². The Labute approximate surface area is 166 Å². The van der Waals surface area contributed by atoms with E-state index in [9.17, 15) is 24.3 Å². The van der Waals surface area contributed by atoms with Crippen molar-refractivity contribution in [3.63, 3.8) is 0 Å². The summed E-state index contributed by atoms with van der Waals surface area (Å²) in [6.07, 6.45) is 0. The van der Waals surface area contributed by atoms with Crippen LogP contribution in [0, 0.1) is 24.1 Å². The minimum Gasteiger partial charge on any atom is -0.497 e. The molecule has 0 saturated heterocycles. The molecule has 7 heteroatoms. The highest BCUT2D eigenvalue weighted by atomic mass is 19.1. The zero-order valence-corrected chi connectivity index (χ0v) is 15.8. The summed E-state index contributed by atoms with van der Waals surface area (Å²) in [5, 5.41) is 20.2. The minimum atomic E-state index is -0.807. The predicted octanol–water partition coefficient (Wildman–Crippen LogP) is 3.16. The number of aromatic hydroxyl groups is 1. The monoisotopic (exact) mass is 392 g/mol. The van der Waals surface area contributed by atoms with Gasteiger partial charge in [0, 0.05) is 0 Å². The minimum absolute atomic E-state index is 0.00855. The number of aromatic nitrogens is 1. The van der Waals surface area contributed by atoms with Crippen LogP contribution >= 0.6 is 0 Å². The van der Waals surface area contributed by atoms with E-state index in [0.717, 1.165) is 10.6 Å². The maximum Gasteiger partial charge on any atom is 0.271 e. The van der Waals surface area contributed by atoms with E-state index in [0.29, 0.717) is 11.3 Å². The smallest absolute Gasteiger partial charge is 0.271 e. The zero-order valence-electron chi connectivity index (χ0n) is 15.8. The number of ketones is 1. The lowest BCUT2D eigenvalue weighted by Crippen LogP contribution is -2.27. The van der Waals surface area contributed by atoms with Crippen LogP contribution in [-0.4, -0.2) is 22.6 Å². The van der Waals surface area contributed by atoms with Crippen molar-refractivity contribution in [3.8, 4) is 17.7 Å². The molecular formula is C22H17FN2O4. The van der Waals surface area contributed by atoms with E-state index in [-0.39, 0.29) is 28.8 Å². The van der Waals surface area contributed by atoms with Gasteiger partial charge in [-0.2, -0.15) is 5.26 Å². The number of carbonyl (C=O) groups is 1. The fourth-order valence-corrected chi connectivity index (χ4v) is 3.06. The molecule has 0 spiro atoms. The number of benzene rings is 2. The summed E-state index contributed by atoms with van der Waals surface area (Å²) in [7, 11) is 1.52. The lowest BCUT2D eigenvalue weighted by molar-refractivity contribution is 0.103. The summed E-state index contributed by atoms with van der Waals surface area (Å²) in [5.41, 5.74) is -0.905. The molecule has 0 fully saturated rings. The Morgan fingerprint density at radius 3 is 2.45 bits per heavy atom. The normalized spacial score (nSPS) is 10.4. The molecule has 0 aliphatic heterocycles.